The van der Waals surface area contributed by atoms with Crippen molar-refractivity contribution in [2.45, 2.75) is 10.9 Å². The van der Waals surface area contributed by atoms with Gasteiger partial charge in [0.1, 0.15) is 0 Å². The van der Waals surface area contributed by atoms with Crippen molar-refractivity contribution in [1.29, 1.82) is 0 Å². The van der Waals surface area contributed by atoms with Crippen molar-refractivity contribution >= 4 is 34.3 Å². The molecule has 2 heterocycles. The standard InChI is InChI=1S/C16H11ClN2O3S/c17-11-6-14-13(21-8-22-14)5-9(11)7-23-16-18-12-4-2-1-3-10(12)15(20)19-16/h1-6H,7-8H2,(H,18,19,20). The lowest BCUT2D eigenvalue weighted by atomic mass is 10.2. The summed E-state index contributed by atoms with van der Waals surface area (Å²) in [6.45, 7) is 0.210. The molecule has 5 nitrogen and oxygen atoms in total. The van der Waals surface area contributed by atoms with E-state index in [0.717, 1.165) is 5.56 Å². The fraction of sp³-hybridized carbons (Fsp3) is 0.125. The summed E-state index contributed by atoms with van der Waals surface area (Å²) in [5, 5.41) is 1.74. The van der Waals surface area contributed by atoms with Crippen LogP contribution in [0.25, 0.3) is 10.9 Å². The number of halogens is 1. The number of H-pyrrole nitrogens is 1. The summed E-state index contributed by atoms with van der Waals surface area (Å²) in [5.41, 5.74) is 1.43. The number of hydrogen-bond acceptors (Lipinski definition) is 5. The highest BCUT2D eigenvalue weighted by Gasteiger charge is 2.16. The first-order chi connectivity index (χ1) is 11.2. The molecular weight excluding hydrogens is 336 g/mol. The van der Waals surface area contributed by atoms with Gasteiger partial charge in [-0.25, -0.2) is 4.98 Å². The minimum absolute atomic E-state index is 0.144. The molecule has 0 saturated carbocycles. The van der Waals surface area contributed by atoms with Crippen LogP contribution >= 0.6 is 23.4 Å². The van der Waals surface area contributed by atoms with Gasteiger partial charge in [0.2, 0.25) is 6.79 Å². The molecule has 116 valence electrons. The van der Waals surface area contributed by atoms with Gasteiger partial charge in [-0.2, -0.15) is 0 Å². The van der Waals surface area contributed by atoms with E-state index in [-0.39, 0.29) is 12.4 Å². The SMILES string of the molecule is O=c1[nH]c(SCc2cc3c(cc2Cl)OCO3)nc2ccccc12. The quantitative estimate of drug-likeness (QED) is 0.580. The Morgan fingerprint density at radius 2 is 2.00 bits per heavy atom. The largest absolute Gasteiger partial charge is 0.454 e. The number of nitrogens with one attached hydrogen (secondary N) is 1. The Balaban J connectivity index is 1.61. The van der Waals surface area contributed by atoms with E-state index in [9.17, 15) is 4.79 Å². The Labute approximate surface area is 140 Å². The molecule has 0 bridgehead atoms. The van der Waals surface area contributed by atoms with Crippen molar-refractivity contribution in [1.82, 2.24) is 9.97 Å². The molecule has 1 aliphatic heterocycles. The molecule has 0 radical (unpaired) electrons. The molecule has 0 spiro atoms. The van der Waals surface area contributed by atoms with Gasteiger partial charge in [0.05, 0.1) is 10.9 Å². The van der Waals surface area contributed by atoms with Crippen LogP contribution in [0, 0.1) is 0 Å². The third-order valence-electron chi connectivity index (χ3n) is 3.50. The summed E-state index contributed by atoms with van der Waals surface area (Å²) in [6, 6.07) is 10.9. The van der Waals surface area contributed by atoms with Crippen LogP contribution in [0.1, 0.15) is 5.56 Å². The summed E-state index contributed by atoms with van der Waals surface area (Å²) in [7, 11) is 0. The zero-order chi connectivity index (χ0) is 15.8. The molecule has 0 saturated heterocycles. The maximum Gasteiger partial charge on any atom is 0.259 e. The van der Waals surface area contributed by atoms with Crippen molar-refractivity contribution < 1.29 is 9.47 Å². The van der Waals surface area contributed by atoms with E-state index in [4.69, 9.17) is 21.1 Å². The van der Waals surface area contributed by atoms with E-state index in [2.05, 4.69) is 9.97 Å². The smallest absolute Gasteiger partial charge is 0.259 e. The molecule has 0 fully saturated rings. The van der Waals surface area contributed by atoms with Crippen LogP contribution in [0.5, 0.6) is 11.5 Å². The third kappa shape index (κ3) is 2.75. The van der Waals surface area contributed by atoms with Crippen LogP contribution < -0.4 is 15.0 Å². The first kappa shape index (κ1) is 14.4. The van der Waals surface area contributed by atoms with Crippen molar-refractivity contribution in [2.75, 3.05) is 6.79 Å². The fourth-order valence-electron chi connectivity index (χ4n) is 2.35. The number of rotatable bonds is 3. The molecule has 3 aromatic rings. The summed E-state index contributed by atoms with van der Waals surface area (Å²) >= 11 is 7.67. The lowest BCUT2D eigenvalue weighted by molar-refractivity contribution is 0.174. The monoisotopic (exact) mass is 346 g/mol. The summed E-state index contributed by atoms with van der Waals surface area (Å²) in [6.07, 6.45) is 0. The molecule has 0 unspecified atom stereocenters. The zero-order valence-corrected chi connectivity index (χ0v) is 13.4. The number of hydrogen-bond donors (Lipinski definition) is 1. The molecule has 0 atom stereocenters. The molecule has 7 heteroatoms. The lowest BCUT2D eigenvalue weighted by Gasteiger charge is -2.06. The highest BCUT2D eigenvalue weighted by molar-refractivity contribution is 7.98. The number of fused-ring (bicyclic) bond motifs is 2. The maximum absolute atomic E-state index is 12.1. The highest BCUT2D eigenvalue weighted by Crippen LogP contribution is 2.38. The van der Waals surface area contributed by atoms with Gasteiger partial charge in [-0.15, -0.1) is 0 Å². The summed E-state index contributed by atoms with van der Waals surface area (Å²) in [4.78, 5) is 19.3. The van der Waals surface area contributed by atoms with E-state index in [1.807, 2.05) is 24.3 Å². The first-order valence-electron chi connectivity index (χ1n) is 6.90. The second kappa shape index (κ2) is 5.79. The van der Waals surface area contributed by atoms with Crippen LogP contribution in [0.3, 0.4) is 0 Å². The van der Waals surface area contributed by atoms with Crippen LogP contribution in [0.4, 0.5) is 0 Å². The molecule has 4 rings (SSSR count). The normalized spacial score (nSPS) is 12.7. The number of ether oxygens (including phenoxy) is 2. The van der Waals surface area contributed by atoms with Gasteiger partial charge in [-0.1, -0.05) is 35.5 Å². The molecule has 2 aromatic carbocycles. The summed E-state index contributed by atoms with van der Waals surface area (Å²) < 4.78 is 10.6. The number of benzene rings is 2. The van der Waals surface area contributed by atoms with E-state index in [1.165, 1.54) is 11.8 Å². The second-order valence-corrected chi connectivity index (χ2v) is 6.35. The minimum Gasteiger partial charge on any atom is -0.454 e. The molecule has 23 heavy (non-hydrogen) atoms. The Bertz CT molecular complexity index is 958. The van der Waals surface area contributed by atoms with Crippen LogP contribution in [-0.2, 0) is 5.75 Å². The predicted octanol–water partition coefficient (Wildman–Crippen LogP) is 3.60. The fourth-order valence-corrected chi connectivity index (χ4v) is 3.51. The second-order valence-electron chi connectivity index (χ2n) is 4.97. The number of aromatic amines is 1. The van der Waals surface area contributed by atoms with Crippen molar-refractivity contribution in [3.8, 4) is 11.5 Å². The van der Waals surface area contributed by atoms with E-state index in [1.54, 1.807) is 12.1 Å². The van der Waals surface area contributed by atoms with E-state index >= 15 is 0 Å². The number of thioether (sulfide) groups is 1. The van der Waals surface area contributed by atoms with Crippen molar-refractivity contribution in [3.63, 3.8) is 0 Å². The zero-order valence-electron chi connectivity index (χ0n) is 11.8. The molecular formula is C16H11ClN2O3S. The Kier molecular flexibility index (Phi) is 3.63. The Morgan fingerprint density at radius 3 is 2.87 bits per heavy atom. The number of nitrogens with zero attached hydrogens (tertiary/aromatic N) is 1. The van der Waals surface area contributed by atoms with Gasteiger partial charge in [0.15, 0.2) is 16.7 Å². The molecule has 0 aliphatic carbocycles. The Hall–Kier alpha value is -2.18. The molecule has 1 aromatic heterocycles. The lowest BCUT2D eigenvalue weighted by Crippen LogP contribution is -2.08. The topological polar surface area (TPSA) is 64.2 Å². The van der Waals surface area contributed by atoms with E-state index in [0.29, 0.717) is 38.3 Å². The minimum atomic E-state index is -0.144. The number of aromatic nitrogens is 2. The van der Waals surface area contributed by atoms with Gasteiger partial charge in [-0.3, -0.25) is 4.79 Å². The van der Waals surface area contributed by atoms with Crippen LogP contribution in [0.15, 0.2) is 46.3 Å². The molecule has 1 N–H and O–H groups in total. The van der Waals surface area contributed by atoms with Gasteiger partial charge in [-0.05, 0) is 23.8 Å². The Morgan fingerprint density at radius 1 is 1.22 bits per heavy atom. The average Bonchev–Trinajstić information content (AvgIpc) is 3.00. The van der Waals surface area contributed by atoms with Crippen molar-refractivity contribution in [2.24, 2.45) is 0 Å². The van der Waals surface area contributed by atoms with E-state index < -0.39 is 0 Å². The number of para-hydroxylation sites is 1. The molecule has 1 aliphatic rings. The first-order valence-corrected chi connectivity index (χ1v) is 8.27. The van der Waals surface area contributed by atoms with Gasteiger partial charge >= 0.3 is 0 Å². The predicted molar refractivity (Wildman–Crippen MR) is 89.5 cm³/mol. The van der Waals surface area contributed by atoms with Gasteiger partial charge < -0.3 is 14.5 Å². The molecule has 0 amide bonds. The highest BCUT2D eigenvalue weighted by atomic mass is 35.5. The van der Waals surface area contributed by atoms with Crippen LogP contribution in [0.2, 0.25) is 5.02 Å². The van der Waals surface area contributed by atoms with Crippen LogP contribution in [-0.4, -0.2) is 16.8 Å². The van der Waals surface area contributed by atoms with Crippen molar-refractivity contribution in [3.05, 3.63) is 57.3 Å². The average molecular weight is 347 g/mol. The van der Waals surface area contributed by atoms with Gasteiger partial charge in [0.25, 0.3) is 5.56 Å². The summed E-state index contributed by atoms with van der Waals surface area (Å²) in [5.74, 6) is 1.91. The van der Waals surface area contributed by atoms with Gasteiger partial charge in [0, 0.05) is 16.8 Å². The maximum atomic E-state index is 12.1. The third-order valence-corrected chi connectivity index (χ3v) is 4.77.